The normalized spacial score (nSPS) is 14.2. The average molecular weight is 429 g/mol. The maximum absolute atomic E-state index is 14.1. The third kappa shape index (κ3) is 3.93. The van der Waals surface area contributed by atoms with Crippen LogP contribution in [0.2, 0.25) is 0 Å². The van der Waals surface area contributed by atoms with E-state index >= 15 is 0 Å². The van der Waals surface area contributed by atoms with Crippen molar-refractivity contribution in [3.05, 3.63) is 64.2 Å². The van der Waals surface area contributed by atoms with E-state index in [4.69, 9.17) is 0 Å². The average Bonchev–Trinajstić information content (AvgIpc) is 2.88. The standard InChI is InChI=1S/C18H17F2NO5S2/c1-27(23,24)21(28(2,25)26)17-9-11-4-6-18(22)15(11)8-13(17)7-12-3-5-14(19)10-16(12)20/h3,5,8-10H,4,6-7H2,1-2H3. The largest absolute Gasteiger partial charge is 0.294 e. The van der Waals surface area contributed by atoms with E-state index in [0.29, 0.717) is 23.6 Å². The molecule has 0 bridgehead atoms. The van der Waals surface area contributed by atoms with E-state index in [0.717, 1.165) is 18.6 Å². The second-order valence-electron chi connectivity index (χ2n) is 6.70. The summed E-state index contributed by atoms with van der Waals surface area (Å²) in [5.74, 6) is -1.80. The molecule has 6 nitrogen and oxygen atoms in total. The number of hydrogen-bond donors (Lipinski definition) is 0. The lowest BCUT2D eigenvalue weighted by molar-refractivity contribution is 0.0994. The molecule has 3 rings (SSSR count). The summed E-state index contributed by atoms with van der Waals surface area (Å²) in [5, 5.41) is 0. The quantitative estimate of drug-likeness (QED) is 0.728. The molecule has 28 heavy (non-hydrogen) atoms. The molecule has 0 fully saturated rings. The molecular weight excluding hydrogens is 412 g/mol. The van der Waals surface area contributed by atoms with Crippen molar-refractivity contribution in [3.8, 4) is 0 Å². The minimum absolute atomic E-state index is 0.0370. The van der Waals surface area contributed by atoms with Gasteiger partial charge >= 0.3 is 0 Å². The Morgan fingerprint density at radius 3 is 2.14 bits per heavy atom. The number of Topliss-reactive ketones (excluding diaryl/α,β-unsaturated/α-hetero) is 1. The van der Waals surface area contributed by atoms with Crippen LogP contribution in [0.25, 0.3) is 0 Å². The predicted octanol–water partition coefficient (Wildman–Crippen LogP) is 2.41. The van der Waals surface area contributed by atoms with Gasteiger partial charge in [-0.05, 0) is 41.3 Å². The van der Waals surface area contributed by atoms with Crippen LogP contribution in [0.15, 0.2) is 30.3 Å². The number of hydrogen-bond acceptors (Lipinski definition) is 5. The Morgan fingerprint density at radius 2 is 1.57 bits per heavy atom. The number of benzene rings is 2. The van der Waals surface area contributed by atoms with Crippen molar-refractivity contribution in [2.24, 2.45) is 0 Å². The topological polar surface area (TPSA) is 88.6 Å². The monoisotopic (exact) mass is 429 g/mol. The summed E-state index contributed by atoms with van der Waals surface area (Å²) >= 11 is 0. The van der Waals surface area contributed by atoms with Gasteiger partial charge < -0.3 is 0 Å². The summed E-state index contributed by atoms with van der Waals surface area (Å²) in [4.78, 5) is 12.1. The first kappa shape index (κ1) is 20.4. The molecule has 1 aliphatic carbocycles. The number of carbonyl (C=O) groups is 1. The van der Waals surface area contributed by atoms with E-state index in [1.54, 1.807) is 0 Å². The van der Waals surface area contributed by atoms with Crippen LogP contribution in [0.1, 0.15) is 33.5 Å². The first-order valence-corrected chi connectivity index (χ1v) is 11.9. The molecular formula is C18H17F2NO5S2. The van der Waals surface area contributed by atoms with Gasteiger partial charge in [-0.2, -0.15) is 3.71 Å². The van der Waals surface area contributed by atoms with Crippen molar-refractivity contribution in [2.75, 3.05) is 16.2 Å². The highest BCUT2D eigenvalue weighted by atomic mass is 32.3. The second kappa shape index (κ2) is 6.93. The van der Waals surface area contributed by atoms with Crippen LogP contribution >= 0.6 is 0 Å². The van der Waals surface area contributed by atoms with Crippen molar-refractivity contribution in [1.82, 2.24) is 0 Å². The van der Waals surface area contributed by atoms with Crippen molar-refractivity contribution in [3.63, 3.8) is 0 Å². The van der Waals surface area contributed by atoms with Crippen molar-refractivity contribution >= 4 is 31.5 Å². The van der Waals surface area contributed by atoms with Crippen molar-refractivity contribution in [1.29, 1.82) is 0 Å². The molecule has 0 saturated carbocycles. The molecule has 10 heteroatoms. The number of sulfonamides is 2. The molecule has 0 N–H and O–H groups in total. The molecule has 0 aliphatic heterocycles. The highest BCUT2D eigenvalue weighted by molar-refractivity contribution is 8.09. The number of nitrogens with zero attached hydrogens (tertiary/aromatic N) is 1. The molecule has 0 heterocycles. The van der Waals surface area contributed by atoms with Gasteiger partial charge in [0.15, 0.2) is 5.78 Å². The predicted molar refractivity (Wildman–Crippen MR) is 100 cm³/mol. The molecule has 0 aromatic heterocycles. The van der Waals surface area contributed by atoms with Gasteiger partial charge in [-0.15, -0.1) is 0 Å². The first-order chi connectivity index (χ1) is 12.9. The highest BCUT2D eigenvalue weighted by Gasteiger charge is 2.32. The molecule has 0 spiro atoms. The van der Waals surface area contributed by atoms with Gasteiger partial charge in [0.25, 0.3) is 0 Å². The first-order valence-electron chi connectivity index (χ1n) is 8.21. The summed E-state index contributed by atoms with van der Waals surface area (Å²) in [7, 11) is -8.46. The minimum atomic E-state index is -4.23. The fraction of sp³-hybridized carbons (Fsp3) is 0.278. The fourth-order valence-electron chi connectivity index (χ4n) is 3.31. The van der Waals surface area contributed by atoms with Crippen LogP contribution in [-0.4, -0.2) is 35.1 Å². The summed E-state index contributed by atoms with van der Waals surface area (Å²) in [6.07, 6.45) is 1.85. The molecule has 0 saturated heterocycles. The summed E-state index contributed by atoms with van der Waals surface area (Å²) in [6.45, 7) is 0. The summed E-state index contributed by atoms with van der Waals surface area (Å²) in [5.41, 5.74) is 0.886. The molecule has 150 valence electrons. The molecule has 1 aliphatic rings. The number of anilines is 1. The Morgan fingerprint density at radius 1 is 0.929 bits per heavy atom. The van der Waals surface area contributed by atoms with E-state index in [2.05, 4.69) is 0 Å². The van der Waals surface area contributed by atoms with E-state index in [-0.39, 0.29) is 39.1 Å². The van der Waals surface area contributed by atoms with Gasteiger partial charge in [0, 0.05) is 24.5 Å². The Bertz CT molecular complexity index is 1160. The van der Waals surface area contributed by atoms with E-state index in [1.165, 1.54) is 18.2 Å². The SMILES string of the molecule is CS(=O)(=O)N(c1cc2c(cc1Cc1ccc(F)cc1F)C(=O)CC2)S(C)(=O)=O. The van der Waals surface area contributed by atoms with E-state index in [1.807, 2.05) is 0 Å². The van der Waals surface area contributed by atoms with Gasteiger partial charge in [-0.25, -0.2) is 25.6 Å². The third-order valence-corrected chi connectivity index (χ3v) is 7.64. The maximum atomic E-state index is 14.1. The number of rotatable bonds is 5. The molecule has 2 aromatic rings. The number of halogens is 2. The van der Waals surface area contributed by atoms with Gasteiger partial charge in [0.1, 0.15) is 11.6 Å². The van der Waals surface area contributed by atoms with E-state index < -0.39 is 31.7 Å². The zero-order chi connectivity index (χ0) is 20.9. The smallest absolute Gasteiger partial charge is 0.245 e. The van der Waals surface area contributed by atoms with Crippen molar-refractivity contribution in [2.45, 2.75) is 19.3 Å². The summed E-state index contributed by atoms with van der Waals surface area (Å²) in [6, 6.07) is 5.65. The molecule has 0 unspecified atom stereocenters. The van der Waals surface area contributed by atoms with Crippen LogP contribution in [0, 0.1) is 11.6 Å². The van der Waals surface area contributed by atoms with Gasteiger partial charge in [0.2, 0.25) is 20.0 Å². The number of fused-ring (bicyclic) bond motifs is 1. The fourth-order valence-corrected chi connectivity index (χ4v) is 6.33. The Labute approximate surface area is 161 Å². The van der Waals surface area contributed by atoms with Crippen LogP contribution in [0.4, 0.5) is 14.5 Å². The lowest BCUT2D eigenvalue weighted by atomic mass is 9.98. The van der Waals surface area contributed by atoms with Crippen LogP contribution in [0.5, 0.6) is 0 Å². The van der Waals surface area contributed by atoms with Gasteiger partial charge in [-0.3, -0.25) is 4.79 Å². The summed E-state index contributed by atoms with van der Waals surface area (Å²) < 4.78 is 76.5. The lowest BCUT2D eigenvalue weighted by Crippen LogP contribution is -2.36. The lowest BCUT2D eigenvalue weighted by Gasteiger charge is -2.24. The minimum Gasteiger partial charge on any atom is -0.294 e. The zero-order valence-corrected chi connectivity index (χ0v) is 16.7. The van der Waals surface area contributed by atoms with Crippen LogP contribution < -0.4 is 3.71 Å². The molecule has 0 amide bonds. The van der Waals surface area contributed by atoms with Gasteiger partial charge in [0.05, 0.1) is 18.2 Å². The Hall–Kier alpha value is -2.33. The maximum Gasteiger partial charge on any atom is 0.245 e. The highest BCUT2D eigenvalue weighted by Crippen LogP contribution is 2.34. The third-order valence-electron chi connectivity index (χ3n) is 4.42. The molecule has 0 radical (unpaired) electrons. The number of aryl methyl sites for hydroxylation is 1. The Balaban J connectivity index is 2.25. The number of ketones is 1. The number of carbonyl (C=O) groups excluding carboxylic acids is 1. The van der Waals surface area contributed by atoms with E-state index in [9.17, 15) is 30.4 Å². The zero-order valence-electron chi connectivity index (χ0n) is 15.1. The molecule has 0 atom stereocenters. The molecule has 2 aromatic carbocycles. The van der Waals surface area contributed by atoms with Crippen LogP contribution in [-0.2, 0) is 32.9 Å². The van der Waals surface area contributed by atoms with Gasteiger partial charge in [-0.1, -0.05) is 6.07 Å². The second-order valence-corrected chi connectivity index (χ2v) is 10.6. The van der Waals surface area contributed by atoms with Crippen LogP contribution in [0.3, 0.4) is 0 Å². The van der Waals surface area contributed by atoms with Crippen molar-refractivity contribution < 1.29 is 30.4 Å². The Kier molecular flexibility index (Phi) is 5.05.